The highest BCUT2D eigenvalue weighted by atomic mass is 16.2. The lowest BCUT2D eigenvalue weighted by Crippen LogP contribution is -2.60. The molecule has 108 heavy (non-hydrogen) atoms. The van der Waals surface area contributed by atoms with E-state index in [-0.39, 0.29) is 215 Å². The van der Waals surface area contributed by atoms with Crippen molar-refractivity contribution >= 4 is 101 Å². The number of guanidine groups is 8. The minimum atomic E-state index is -1.53. The number of amides is 9. The van der Waals surface area contributed by atoms with E-state index in [1.54, 1.807) is 0 Å². The summed E-state index contributed by atoms with van der Waals surface area (Å²) in [5.74, 6) is -9.43. The minimum Gasteiger partial charge on any atom is -0.370 e. The monoisotopic (exact) mass is 1530 g/mol. The highest BCUT2D eigenvalue weighted by Gasteiger charge is 2.35. The van der Waals surface area contributed by atoms with Crippen LogP contribution in [0.3, 0.4) is 0 Å². The Bertz CT molecular complexity index is 2900. The van der Waals surface area contributed by atoms with Crippen LogP contribution >= 0.6 is 0 Å². The van der Waals surface area contributed by atoms with Crippen LogP contribution in [0.15, 0.2) is 39.9 Å². The predicted octanol–water partition coefficient (Wildman–Crippen LogP) is -5.96. The third kappa shape index (κ3) is 53.2. The Hall–Kier alpha value is -10.6. The van der Waals surface area contributed by atoms with Crippen molar-refractivity contribution in [2.45, 2.75) is 261 Å². The summed E-state index contributed by atoms with van der Waals surface area (Å²) in [6, 6.07) is -11.2. The lowest BCUT2D eigenvalue weighted by molar-refractivity contribution is -0.136. The number of rotatable bonds is 64. The van der Waals surface area contributed by atoms with E-state index in [0.717, 1.165) is 25.7 Å². The van der Waals surface area contributed by atoms with Crippen molar-refractivity contribution in [3.8, 4) is 0 Å². The average molecular weight is 1530 g/mol. The molecule has 0 aromatic carbocycles. The van der Waals surface area contributed by atoms with Gasteiger partial charge >= 0.3 is 0 Å². The van der Waals surface area contributed by atoms with Crippen molar-refractivity contribution in [3.05, 3.63) is 0 Å². The van der Waals surface area contributed by atoms with Gasteiger partial charge in [-0.3, -0.25) is 83.1 Å². The van der Waals surface area contributed by atoms with Crippen LogP contribution in [0.4, 0.5) is 0 Å². The van der Waals surface area contributed by atoms with Gasteiger partial charge in [0, 0.05) is 58.8 Å². The van der Waals surface area contributed by atoms with E-state index in [4.69, 9.17) is 97.5 Å². The van der Waals surface area contributed by atoms with Gasteiger partial charge in [0.05, 0.1) is 0 Å². The lowest BCUT2D eigenvalue weighted by Gasteiger charge is -2.28. The zero-order valence-electron chi connectivity index (χ0n) is 63.5. The van der Waals surface area contributed by atoms with Gasteiger partial charge in [-0.15, -0.1) is 0 Å². The Morgan fingerprint density at radius 3 is 0.546 bits per heavy atom. The normalized spacial score (nSPS) is 13.0. The van der Waals surface area contributed by atoms with Crippen LogP contribution in [0.1, 0.15) is 212 Å². The van der Waals surface area contributed by atoms with Gasteiger partial charge in [0.25, 0.3) is 0 Å². The summed E-state index contributed by atoms with van der Waals surface area (Å²) in [6.07, 6.45) is 17.4. The molecule has 0 saturated carbocycles. The molecule has 0 heterocycles. The van der Waals surface area contributed by atoms with Crippen LogP contribution in [0.2, 0.25) is 0 Å². The molecule has 1 unspecified atom stereocenters. The first-order valence-electron chi connectivity index (χ1n) is 37.5. The van der Waals surface area contributed by atoms with E-state index in [1.165, 1.54) is 64.2 Å². The minimum absolute atomic E-state index is 0.00538. The van der Waals surface area contributed by atoms with Crippen LogP contribution in [0.25, 0.3) is 0 Å². The maximum Gasteiger partial charge on any atom is 0.243 e. The van der Waals surface area contributed by atoms with Gasteiger partial charge in [0.15, 0.2) is 47.7 Å². The molecule has 0 saturated heterocycles. The predicted molar refractivity (Wildman–Crippen MR) is 423 cm³/mol. The molecule has 0 spiro atoms. The number of nitrogens with two attached hydrogens (primary N) is 17. The molecule has 0 aliphatic rings. The summed E-state index contributed by atoms with van der Waals surface area (Å²) >= 11 is 0. The van der Waals surface area contributed by atoms with Gasteiger partial charge in [0.1, 0.15) is 48.3 Å². The summed E-state index contributed by atoms with van der Waals surface area (Å²) < 4.78 is 0. The fourth-order valence-electron chi connectivity index (χ4n) is 11.0. The number of nitrogens with zero attached hydrogens (tertiary/aromatic N) is 8. The molecule has 0 bridgehead atoms. The number of hydrogen-bond donors (Lipinski definition) is 25. The molecule has 0 aliphatic heterocycles. The van der Waals surface area contributed by atoms with Crippen molar-refractivity contribution in [2.75, 3.05) is 52.4 Å². The SMILES string of the molecule is CCCCCCCCCCCCCCCCCC(=O)N[C@@H](CCCN=C(N)N)C(=O)N[C@@H](CCCN=C(N)N)C(=O)N[C@@H](CCCN=C(N)N)C(=O)N[C@@H](CCCN=C(N)N)C(=O)NC(CCCN=C(N)N)C(=O)N[C@@H](CCCN=C(N)N)C(=O)N[C@@H](CCCN=C(N)N)C(=O)N[C@@H](CCCN=C(N)N)C(N)=O. The molecule has 9 amide bonds. The molecule has 0 radical (unpaired) electrons. The van der Waals surface area contributed by atoms with Gasteiger partial charge in [-0.1, -0.05) is 96.8 Å². The van der Waals surface area contributed by atoms with Crippen molar-refractivity contribution in [1.29, 1.82) is 0 Å². The smallest absolute Gasteiger partial charge is 0.243 e. The number of aliphatic imine (C=N–C) groups is 8. The first kappa shape index (κ1) is 97.4. The van der Waals surface area contributed by atoms with Crippen molar-refractivity contribution in [1.82, 2.24) is 42.5 Å². The standard InChI is InChI=1S/C66H133N33O9/c1-2-3-4-5-6-7-8-9-10-11-12-13-14-15-16-33-50(100)92-43(26-18-35-85-60(70)71)52(102)94-45(28-20-37-87-62(74)75)54(104)96-47(30-22-39-89-64(78)79)56(106)98-49(32-24-41-91-66(82)83)58(108)99-48(31-23-40-90-65(80)81)57(107)97-46(29-21-38-88-63(76)77)55(105)95-44(27-19-36-86-61(72)73)53(103)93-42(51(67)101)25-17-34-84-59(68)69/h42-49H,2-41H2,1H3,(H2,67,101)(H,92,100)(H,93,103)(H,94,102)(H,95,105)(H,96,104)(H,97,107)(H,98,106)(H,99,108)(H4,68,69,84)(H4,70,71,85)(H4,72,73,86)(H4,74,75,87)(H4,76,77,88)(H4,78,79,89)(H4,80,81,90)(H4,82,83,91)/t42-,43-,44-,45-,46-,47-,48?,49-/m0/s1. The van der Waals surface area contributed by atoms with Gasteiger partial charge in [-0.05, 0) is 109 Å². The summed E-state index contributed by atoms with van der Waals surface area (Å²) in [7, 11) is 0. The molecule has 42 nitrogen and oxygen atoms in total. The van der Waals surface area contributed by atoms with E-state index in [2.05, 4.69) is 89.4 Å². The van der Waals surface area contributed by atoms with Crippen molar-refractivity contribution in [3.63, 3.8) is 0 Å². The fourth-order valence-corrected chi connectivity index (χ4v) is 11.0. The van der Waals surface area contributed by atoms with Crippen molar-refractivity contribution < 1.29 is 43.2 Å². The van der Waals surface area contributed by atoms with Crippen LogP contribution < -0.4 is 140 Å². The van der Waals surface area contributed by atoms with Crippen molar-refractivity contribution in [2.24, 2.45) is 137 Å². The van der Waals surface area contributed by atoms with Gasteiger partial charge in [-0.2, -0.15) is 0 Å². The molecule has 42 N–H and O–H groups in total. The highest BCUT2D eigenvalue weighted by molar-refractivity contribution is 5.98. The second-order valence-electron chi connectivity index (χ2n) is 26.2. The van der Waals surface area contributed by atoms with E-state index in [0.29, 0.717) is 6.42 Å². The second kappa shape index (κ2) is 60.5. The summed E-state index contributed by atoms with van der Waals surface area (Å²) in [5.41, 5.74) is 95.0. The average Bonchev–Trinajstić information content (AvgIpc) is 0.855. The third-order valence-corrected chi connectivity index (χ3v) is 16.7. The number of primary amides is 1. The number of hydrogen-bond acceptors (Lipinski definition) is 17. The van der Waals surface area contributed by atoms with E-state index >= 15 is 0 Å². The summed E-state index contributed by atoms with van der Waals surface area (Å²) in [4.78, 5) is 160. The fraction of sp³-hybridized carbons (Fsp3) is 0.742. The van der Waals surface area contributed by atoms with Crippen LogP contribution in [0.5, 0.6) is 0 Å². The van der Waals surface area contributed by atoms with Crippen LogP contribution in [-0.4, -0.2) is 202 Å². The maximum absolute atomic E-state index is 14.9. The van der Waals surface area contributed by atoms with Gasteiger partial charge < -0.3 is 140 Å². The summed E-state index contributed by atoms with van der Waals surface area (Å²) in [5, 5.41) is 21.6. The first-order chi connectivity index (χ1) is 51.4. The maximum atomic E-state index is 14.9. The Kier molecular flexibility index (Phi) is 54.6. The topological polar surface area (TPSA) is 791 Å². The zero-order chi connectivity index (χ0) is 81.0. The Morgan fingerprint density at radius 2 is 0.370 bits per heavy atom. The molecule has 0 aromatic heterocycles. The van der Waals surface area contributed by atoms with Gasteiger partial charge in [-0.25, -0.2) is 0 Å². The lowest BCUT2D eigenvalue weighted by atomic mass is 10.0. The number of nitrogens with one attached hydrogen (secondary N) is 8. The molecule has 0 aliphatic carbocycles. The molecule has 8 atom stereocenters. The number of carbonyl (C=O) groups excluding carboxylic acids is 9. The highest BCUT2D eigenvalue weighted by Crippen LogP contribution is 2.16. The molecular formula is C66H133N33O9. The van der Waals surface area contributed by atoms with Gasteiger partial charge in [0.2, 0.25) is 53.2 Å². The largest absolute Gasteiger partial charge is 0.370 e. The molecule has 0 fully saturated rings. The molecule has 42 heteroatoms. The van der Waals surface area contributed by atoms with Crippen LogP contribution in [-0.2, 0) is 43.2 Å². The van der Waals surface area contributed by atoms with E-state index in [9.17, 15) is 43.2 Å². The second-order valence-corrected chi connectivity index (χ2v) is 26.2. The summed E-state index contributed by atoms with van der Waals surface area (Å²) in [6.45, 7) is 2.32. The zero-order valence-corrected chi connectivity index (χ0v) is 63.5. The molecular weight excluding hydrogens is 1400 g/mol. The van der Waals surface area contributed by atoms with E-state index in [1.807, 2.05) is 0 Å². The number of unbranched alkanes of at least 4 members (excludes halogenated alkanes) is 14. The van der Waals surface area contributed by atoms with Crippen LogP contribution in [0, 0.1) is 0 Å². The number of carbonyl (C=O) groups is 9. The first-order valence-corrected chi connectivity index (χ1v) is 37.5. The Labute approximate surface area is 634 Å². The Balaban J connectivity index is 7.43. The molecule has 0 aromatic rings. The molecule has 0 rings (SSSR count). The van der Waals surface area contributed by atoms with E-state index < -0.39 is 95.6 Å². The Morgan fingerprint density at radius 1 is 0.213 bits per heavy atom. The third-order valence-electron chi connectivity index (χ3n) is 16.7. The molecule has 616 valence electrons. The quantitative estimate of drug-likeness (QED) is 0.0153.